The molecule has 2 saturated heterocycles. The molecular weight excluding hydrogens is 274 g/mol. The second-order valence-corrected chi connectivity index (χ2v) is 6.44. The monoisotopic (exact) mass is 293 g/mol. The predicted octanol–water partition coefficient (Wildman–Crippen LogP) is 1.74. The Labute approximate surface area is 130 Å². The Morgan fingerprint density at radius 3 is 3.05 bits per heavy atom. The molecule has 4 rings (SSSR count). The molecule has 1 unspecified atom stereocenters. The molecule has 4 heteroatoms. The molecule has 0 aromatic carbocycles. The number of carbonyl (C=O) groups excluding carboxylic acids is 1. The highest BCUT2D eigenvalue weighted by molar-refractivity contribution is 5.94. The highest BCUT2D eigenvalue weighted by atomic mass is 16.1. The third-order valence-electron chi connectivity index (χ3n) is 4.82. The van der Waals surface area contributed by atoms with Gasteiger partial charge >= 0.3 is 0 Å². The molecule has 0 aliphatic carbocycles. The van der Waals surface area contributed by atoms with E-state index in [9.17, 15) is 4.79 Å². The first-order chi connectivity index (χ1) is 10.7. The van der Waals surface area contributed by atoms with Gasteiger partial charge in [-0.25, -0.2) is 0 Å². The summed E-state index contributed by atoms with van der Waals surface area (Å²) < 4.78 is 1.91. The van der Waals surface area contributed by atoms with Crippen LogP contribution in [0.1, 0.15) is 28.8 Å². The van der Waals surface area contributed by atoms with Crippen LogP contribution < -0.4 is 5.32 Å². The Kier molecular flexibility index (Phi) is 3.16. The van der Waals surface area contributed by atoms with Crippen LogP contribution >= 0.6 is 0 Å². The van der Waals surface area contributed by atoms with Crippen LogP contribution in [-0.4, -0.2) is 40.9 Å². The molecule has 1 N–H and O–H groups in total. The van der Waals surface area contributed by atoms with Crippen molar-refractivity contribution in [2.45, 2.75) is 18.9 Å². The van der Waals surface area contributed by atoms with Crippen molar-refractivity contribution in [2.75, 3.05) is 19.6 Å². The van der Waals surface area contributed by atoms with Gasteiger partial charge in [0.25, 0.3) is 5.91 Å². The van der Waals surface area contributed by atoms with Crippen LogP contribution in [0, 0.1) is 18.3 Å². The summed E-state index contributed by atoms with van der Waals surface area (Å²) in [5.74, 6) is 3.38. The number of amides is 1. The number of nitrogens with zero attached hydrogens (tertiary/aromatic N) is 2. The lowest BCUT2D eigenvalue weighted by atomic mass is 9.96. The molecule has 2 bridgehead atoms. The zero-order valence-electron chi connectivity index (χ0n) is 12.5. The number of carbonyl (C=O) groups is 1. The van der Waals surface area contributed by atoms with Gasteiger partial charge in [0.05, 0.1) is 5.56 Å². The largest absolute Gasteiger partial charge is 0.348 e. The van der Waals surface area contributed by atoms with E-state index in [0.29, 0.717) is 5.56 Å². The van der Waals surface area contributed by atoms with E-state index in [1.54, 1.807) is 0 Å². The van der Waals surface area contributed by atoms with Gasteiger partial charge in [-0.1, -0.05) is 5.92 Å². The van der Waals surface area contributed by atoms with Crippen molar-refractivity contribution in [3.05, 3.63) is 41.7 Å². The average molecular weight is 293 g/mol. The summed E-state index contributed by atoms with van der Waals surface area (Å²) >= 11 is 0. The van der Waals surface area contributed by atoms with Crippen molar-refractivity contribution in [3.63, 3.8) is 0 Å². The Bertz CT molecular complexity index is 758. The van der Waals surface area contributed by atoms with Crippen molar-refractivity contribution in [1.29, 1.82) is 0 Å². The number of pyridine rings is 1. The van der Waals surface area contributed by atoms with E-state index in [2.05, 4.69) is 16.1 Å². The summed E-state index contributed by atoms with van der Waals surface area (Å²) in [5, 5.41) is 3.19. The molecule has 0 radical (unpaired) electrons. The number of piperidine rings is 1. The minimum absolute atomic E-state index is 0.00496. The maximum absolute atomic E-state index is 12.5. The molecule has 3 atom stereocenters. The van der Waals surface area contributed by atoms with E-state index in [4.69, 9.17) is 6.42 Å². The summed E-state index contributed by atoms with van der Waals surface area (Å²) in [6, 6.07) is 6.01. The molecule has 22 heavy (non-hydrogen) atoms. The number of aromatic nitrogens is 1. The normalized spacial score (nSPS) is 26.8. The molecule has 0 saturated carbocycles. The molecule has 0 spiro atoms. The van der Waals surface area contributed by atoms with Crippen LogP contribution in [-0.2, 0) is 0 Å². The molecule has 2 fully saturated rings. The van der Waals surface area contributed by atoms with E-state index >= 15 is 0 Å². The average Bonchev–Trinajstić information content (AvgIpc) is 3.09. The first kappa shape index (κ1) is 13.4. The van der Waals surface area contributed by atoms with Gasteiger partial charge < -0.3 is 14.6 Å². The first-order valence-electron chi connectivity index (χ1n) is 7.83. The smallest absolute Gasteiger partial charge is 0.253 e. The minimum atomic E-state index is 0.00496. The lowest BCUT2D eigenvalue weighted by Crippen LogP contribution is -2.47. The predicted molar refractivity (Wildman–Crippen MR) is 85.8 cm³/mol. The van der Waals surface area contributed by atoms with Gasteiger partial charge in [0.1, 0.15) is 0 Å². The summed E-state index contributed by atoms with van der Waals surface area (Å²) in [6.07, 6.45) is 11.5. The highest BCUT2D eigenvalue weighted by Crippen LogP contribution is 2.26. The minimum Gasteiger partial charge on any atom is -0.348 e. The zero-order valence-corrected chi connectivity index (χ0v) is 12.5. The third kappa shape index (κ3) is 2.38. The van der Waals surface area contributed by atoms with Crippen LogP contribution in [0.25, 0.3) is 5.52 Å². The summed E-state index contributed by atoms with van der Waals surface area (Å²) in [6.45, 7) is 3.37. The van der Waals surface area contributed by atoms with Crippen molar-refractivity contribution >= 4 is 11.4 Å². The maximum atomic E-state index is 12.5. The van der Waals surface area contributed by atoms with Gasteiger partial charge in [-0.2, -0.15) is 0 Å². The van der Waals surface area contributed by atoms with Gasteiger partial charge in [-0.15, -0.1) is 6.42 Å². The fraction of sp³-hybridized carbons (Fsp3) is 0.389. The number of nitrogens with one attached hydrogen (secondary N) is 1. The number of fused-ring (bicyclic) bond motifs is 3. The van der Waals surface area contributed by atoms with Gasteiger partial charge in [-0.05, 0) is 43.5 Å². The van der Waals surface area contributed by atoms with Crippen LogP contribution in [0.5, 0.6) is 0 Å². The van der Waals surface area contributed by atoms with Gasteiger partial charge in [0.15, 0.2) is 0 Å². The summed E-state index contributed by atoms with van der Waals surface area (Å²) in [7, 11) is 0. The van der Waals surface area contributed by atoms with E-state index < -0.39 is 0 Å². The number of terminal acetylenes is 1. The lowest BCUT2D eigenvalue weighted by Gasteiger charge is -2.30. The second-order valence-electron chi connectivity index (χ2n) is 6.44. The lowest BCUT2D eigenvalue weighted by molar-refractivity contribution is 0.0909. The van der Waals surface area contributed by atoms with Crippen LogP contribution in [0.3, 0.4) is 0 Å². The molecule has 2 aromatic rings. The topological polar surface area (TPSA) is 36.8 Å². The number of rotatable bonds is 2. The fourth-order valence-electron chi connectivity index (χ4n) is 3.76. The molecule has 2 aliphatic heterocycles. The molecular formula is C18H19N3O. The second kappa shape index (κ2) is 5.19. The van der Waals surface area contributed by atoms with Crippen molar-refractivity contribution in [1.82, 2.24) is 14.6 Å². The van der Waals surface area contributed by atoms with Crippen LogP contribution in [0.15, 0.2) is 30.6 Å². The van der Waals surface area contributed by atoms with Crippen molar-refractivity contribution in [3.8, 4) is 12.3 Å². The maximum Gasteiger partial charge on any atom is 0.253 e. The molecule has 112 valence electrons. The summed E-state index contributed by atoms with van der Waals surface area (Å²) in [5.41, 5.74) is 2.51. The molecule has 4 heterocycles. The Balaban J connectivity index is 1.51. The Hall–Kier alpha value is -2.25. The van der Waals surface area contributed by atoms with Gasteiger partial charge in [0, 0.05) is 42.6 Å². The molecule has 1 amide bonds. The first-order valence-corrected chi connectivity index (χ1v) is 7.83. The summed E-state index contributed by atoms with van der Waals surface area (Å²) in [4.78, 5) is 14.9. The van der Waals surface area contributed by atoms with E-state index in [1.807, 2.05) is 35.0 Å². The standard InChI is InChI=1S/C18H19N3O/c1-2-13-8-17-4-3-15(11-21(17)10-13)18(22)19-16-7-14-5-6-20(9-14)12-16/h1,3-4,8,10-11,14,16H,5-7,9,12H2,(H,19,22)/t14-,16-/m1/s1. The Morgan fingerprint density at radius 2 is 2.23 bits per heavy atom. The highest BCUT2D eigenvalue weighted by Gasteiger charge is 2.32. The Morgan fingerprint density at radius 1 is 1.32 bits per heavy atom. The molecule has 2 aromatic heterocycles. The van der Waals surface area contributed by atoms with E-state index in [0.717, 1.165) is 30.0 Å². The number of hydrogen-bond acceptors (Lipinski definition) is 2. The van der Waals surface area contributed by atoms with Crippen molar-refractivity contribution < 1.29 is 4.79 Å². The SMILES string of the molecule is C#Cc1cc2ccc(C(=O)N[C@@H]3C[C@H]4CCN(C4)C3)cn2c1. The van der Waals surface area contributed by atoms with E-state index in [1.165, 1.54) is 19.5 Å². The van der Waals surface area contributed by atoms with Crippen molar-refractivity contribution in [2.24, 2.45) is 5.92 Å². The fourth-order valence-corrected chi connectivity index (χ4v) is 3.76. The van der Waals surface area contributed by atoms with E-state index in [-0.39, 0.29) is 11.9 Å². The third-order valence-corrected chi connectivity index (χ3v) is 4.82. The quantitative estimate of drug-likeness (QED) is 0.856. The van der Waals surface area contributed by atoms with Gasteiger partial charge in [-0.3, -0.25) is 4.79 Å². The molecule has 2 aliphatic rings. The zero-order chi connectivity index (χ0) is 15.1. The van der Waals surface area contributed by atoms with Gasteiger partial charge in [0.2, 0.25) is 0 Å². The molecule has 4 nitrogen and oxygen atoms in total. The van der Waals surface area contributed by atoms with Crippen LogP contribution in [0.2, 0.25) is 0 Å². The number of hydrogen-bond donors (Lipinski definition) is 1. The van der Waals surface area contributed by atoms with Crippen LogP contribution in [0.4, 0.5) is 0 Å².